The van der Waals surface area contributed by atoms with Crippen molar-refractivity contribution in [3.8, 4) is 0 Å². The number of hydrogen-bond acceptors (Lipinski definition) is 3. The molecular formula is C15H24N4O2. The number of carbonyl (C=O) groups is 1. The van der Waals surface area contributed by atoms with Crippen molar-refractivity contribution in [1.82, 2.24) is 19.2 Å². The number of carbonyl (C=O) groups excluding carboxylic acids is 1. The lowest BCUT2D eigenvalue weighted by Gasteiger charge is -2.20. The minimum absolute atomic E-state index is 0.0138. The van der Waals surface area contributed by atoms with Crippen LogP contribution in [0, 0.1) is 0 Å². The Labute approximate surface area is 125 Å². The lowest BCUT2D eigenvalue weighted by molar-refractivity contribution is -0.131. The van der Waals surface area contributed by atoms with Crippen LogP contribution in [0.4, 0.5) is 0 Å². The second kappa shape index (κ2) is 6.74. The maximum absolute atomic E-state index is 12.3. The minimum Gasteiger partial charge on any atom is -0.337 e. The third kappa shape index (κ3) is 3.62. The van der Waals surface area contributed by atoms with Crippen molar-refractivity contribution in [3.63, 3.8) is 0 Å². The number of nitrogens with zero attached hydrogens (tertiary/aromatic N) is 4. The summed E-state index contributed by atoms with van der Waals surface area (Å²) >= 11 is 0. The molecule has 2 rings (SSSR count). The van der Waals surface area contributed by atoms with E-state index < -0.39 is 0 Å². The second-order valence-electron chi connectivity index (χ2n) is 5.68. The van der Waals surface area contributed by atoms with Crippen LogP contribution in [0.3, 0.4) is 0 Å². The zero-order chi connectivity index (χ0) is 15.4. The summed E-state index contributed by atoms with van der Waals surface area (Å²) in [5.41, 5.74) is 0.768. The third-order valence-corrected chi connectivity index (χ3v) is 3.76. The fourth-order valence-corrected chi connectivity index (χ4v) is 2.66. The standard InChI is InChI=1S/C15H24N4O2/c1-4-17(10-12(2)3)14(20)11-19-15(21)18-9-7-5-6-8-13(18)16-19/h2,4-11H2,1,3H3. The Hall–Kier alpha value is -1.85. The number of hydrogen-bond donors (Lipinski definition) is 0. The fourth-order valence-electron chi connectivity index (χ4n) is 2.66. The van der Waals surface area contributed by atoms with Crippen LogP contribution in [0.2, 0.25) is 0 Å². The summed E-state index contributed by atoms with van der Waals surface area (Å²) in [6, 6.07) is 0. The van der Waals surface area contributed by atoms with Gasteiger partial charge in [-0.15, -0.1) is 0 Å². The number of aryl methyl sites for hydroxylation is 1. The summed E-state index contributed by atoms with van der Waals surface area (Å²) < 4.78 is 3.03. The Morgan fingerprint density at radius 3 is 2.81 bits per heavy atom. The highest BCUT2D eigenvalue weighted by Crippen LogP contribution is 2.10. The molecule has 1 aromatic heterocycles. The van der Waals surface area contributed by atoms with Gasteiger partial charge in [0.2, 0.25) is 5.91 Å². The molecular weight excluding hydrogens is 268 g/mol. The van der Waals surface area contributed by atoms with Crippen LogP contribution in [-0.4, -0.2) is 38.2 Å². The summed E-state index contributed by atoms with van der Waals surface area (Å²) in [5.74, 6) is 0.726. The molecule has 0 radical (unpaired) electrons. The van der Waals surface area contributed by atoms with Crippen LogP contribution in [0.15, 0.2) is 16.9 Å². The molecule has 2 heterocycles. The Morgan fingerprint density at radius 1 is 1.38 bits per heavy atom. The van der Waals surface area contributed by atoms with Gasteiger partial charge in [0.1, 0.15) is 12.4 Å². The average Bonchev–Trinajstić information content (AvgIpc) is 2.63. The lowest BCUT2D eigenvalue weighted by atomic mass is 10.2. The van der Waals surface area contributed by atoms with Gasteiger partial charge in [-0.05, 0) is 26.7 Å². The van der Waals surface area contributed by atoms with E-state index in [1.165, 1.54) is 4.68 Å². The minimum atomic E-state index is -0.161. The molecule has 0 unspecified atom stereocenters. The van der Waals surface area contributed by atoms with Gasteiger partial charge in [-0.3, -0.25) is 9.36 Å². The fraction of sp³-hybridized carbons (Fsp3) is 0.667. The van der Waals surface area contributed by atoms with E-state index in [-0.39, 0.29) is 18.1 Å². The van der Waals surface area contributed by atoms with Gasteiger partial charge in [-0.1, -0.05) is 18.6 Å². The zero-order valence-corrected chi connectivity index (χ0v) is 13.0. The summed E-state index contributed by atoms with van der Waals surface area (Å²) in [7, 11) is 0. The SMILES string of the molecule is C=C(C)CN(CC)C(=O)Cn1nc2n(c1=O)CCCCC2. The van der Waals surface area contributed by atoms with Crippen LogP contribution in [0.1, 0.15) is 38.9 Å². The first-order chi connectivity index (χ1) is 10.0. The lowest BCUT2D eigenvalue weighted by Crippen LogP contribution is -2.38. The molecule has 0 saturated heterocycles. The summed E-state index contributed by atoms with van der Waals surface area (Å²) in [6.07, 6.45) is 4.01. The van der Waals surface area contributed by atoms with E-state index in [1.807, 2.05) is 13.8 Å². The number of amides is 1. The molecule has 0 saturated carbocycles. The normalized spacial score (nSPS) is 14.4. The monoisotopic (exact) mass is 292 g/mol. The Kier molecular flexibility index (Phi) is 4.98. The number of aromatic nitrogens is 3. The topological polar surface area (TPSA) is 60.1 Å². The van der Waals surface area contributed by atoms with Gasteiger partial charge in [-0.25, -0.2) is 9.48 Å². The molecule has 0 aromatic carbocycles. The van der Waals surface area contributed by atoms with Crippen molar-refractivity contribution in [1.29, 1.82) is 0 Å². The number of rotatable bonds is 5. The molecule has 0 aliphatic carbocycles. The molecule has 1 aliphatic heterocycles. The predicted octanol–water partition coefficient (Wildman–Crippen LogP) is 1.20. The first-order valence-corrected chi connectivity index (χ1v) is 7.61. The Balaban J connectivity index is 2.14. The van der Waals surface area contributed by atoms with Crippen molar-refractivity contribution < 1.29 is 4.79 Å². The molecule has 0 N–H and O–H groups in total. The van der Waals surface area contributed by atoms with E-state index in [0.717, 1.165) is 37.1 Å². The van der Waals surface area contributed by atoms with Gasteiger partial charge in [0.05, 0.1) is 0 Å². The van der Waals surface area contributed by atoms with E-state index in [9.17, 15) is 9.59 Å². The highest BCUT2D eigenvalue weighted by Gasteiger charge is 2.19. The average molecular weight is 292 g/mol. The van der Waals surface area contributed by atoms with Crippen molar-refractivity contribution in [2.24, 2.45) is 0 Å². The van der Waals surface area contributed by atoms with E-state index in [0.29, 0.717) is 19.6 Å². The first-order valence-electron chi connectivity index (χ1n) is 7.61. The Bertz CT molecular complexity index is 585. The van der Waals surface area contributed by atoms with Gasteiger partial charge >= 0.3 is 5.69 Å². The van der Waals surface area contributed by atoms with Crippen LogP contribution >= 0.6 is 0 Å². The van der Waals surface area contributed by atoms with Gasteiger partial charge in [0.15, 0.2) is 0 Å². The largest absolute Gasteiger partial charge is 0.346 e. The molecule has 1 aromatic rings. The van der Waals surface area contributed by atoms with Gasteiger partial charge in [0.25, 0.3) is 0 Å². The molecule has 6 nitrogen and oxygen atoms in total. The predicted molar refractivity (Wildman–Crippen MR) is 81.1 cm³/mol. The molecule has 0 bridgehead atoms. The smallest absolute Gasteiger partial charge is 0.337 e. The number of likely N-dealkylation sites (N-methyl/N-ethyl adjacent to an activating group) is 1. The van der Waals surface area contributed by atoms with Gasteiger partial charge in [-0.2, -0.15) is 5.10 Å². The highest BCUT2D eigenvalue weighted by atomic mass is 16.2. The van der Waals surface area contributed by atoms with Crippen LogP contribution in [-0.2, 0) is 24.3 Å². The van der Waals surface area contributed by atoms with E-state index in [2.05, 4.69) is 11.7 Å². The zero-order valence-electron chi connectivity index (χ0n) is 13.0. The maximum atomic E-state index is 12.3. The molecule has 0 spiro atoms. The summed E-state index contributed by atoms with van der Waals surface area (Å²) in [5, 5.41) is 4.34. The molecule has 0 atom stereocenters. The highest BCUT2D eigenvalue weighted by molar-refractivity contribution is 5.76. The van der Waals surface area contributed by atoms with Crippen molar-refractivity contribution in [3.05, 3.63) is 28.5 Å². The third-order valence-electron chi connectivity index (χ3n) is 3.76. The van der Waals surface area contributed by atoms with Crippen molar-refractivity contribution in [2.75, 3.05) is 13.1 Å². The van der Waals surface area contributed by atoms with Crippen molar-refractivity contribution in [2.45, 2.75) is 52.6 Å². The molecule has 1 amide bonds. The van der Waals surface area contributed by atoms with E-state index >= 15 is 0 Å². The Morgan fingerprint density at radius 2 is 2.14 bits per heavy atom. The van der Waals surface area contributed by atoms with Gasteiger partial charge < -0.3 is 4.90 Å². The second-order valence-corrected chi connectivity index (χ2v) is 5.68. The summed E-state index contributed by atoms with van der Waals surface area (Å²) in [6.45, 7) is 9.50. The van der Waals surface area contributed by atoms with Crippen LogP contribution < -0.4 is 5.69 Å². The molecule has 116 valence electrons. The van der Waals surface area contributed by atoms with E-state index in [4.69, 9.17) is 0 Å². The van der Waals surface area contributed by atoms with Crippen LogP contribution in [0.5, 0.6) is 0 Å². The van der Waals surface area contributed by atoms with Gasteiger partial charge in [0, 0.05) is 26.1 Å². The molecule has 0 fully saturated rings. The quantitative estimate of drug-likeness (QED) is 0.766. The molecule has 1 aliphatic rings. The summed E-state index contributed by atoms with van der Waals surface area (Å²) in [4.78, 5) is 26.3. The molecule has 21 heavy (non-hydrogen) atoms. The van der Waals surface area contributed by atoms with Crippen LogP contribution in [0.25, 0.3) is 0 Å². The maximum Gasteiger partial charge on any atom is 0.346 e. The van der Waals surface area contributed by atoms with E-state index in [1.54, 1.807) is 9.47 Å². The number of fused-ring (bicyclic) bond motifs is 1. The van der Waals surface area contributed by atoms with Crippen molar-refractivity contribution >= 4 is 5.91 Å². The molecule has 6 heteroatoms. The first kappa shape index (κ1) is 15.5.